The van der Waals surface area contributed by atoms with Gasteiger partial charge >= 0.3 is 0 Å². The molecule has 0 atom stereocenters. The van der Waals surface area contributed by atoms with Crippen LogP contribution in [0.2, 0.25) is 0 Å². The molecule has 0 unspecified atom stereocenters. The van der Waals surface area contributed by atoms with Gasteiger partial charge in [-0.3, -0.25) is 9.36 Å². The van der Waals surface area contributed by atoms with Crippen molar-refractivity contribution in [3.8, 4) is 22.0 Å². The minimum absolute atomic E-state index is 0.137. The van der Waals surface area contributed by atoms with Crippen LogP contribution in [0.1, 0.15) is 0 Å². The van der Waals surface area contributed by atoms with Crippen molar-refractivity contribution in [1.82, 2.24) is 19.7 Å². The lowest BCUT2D eigenvalue weighted by molar-refractivity contribution is -0.113. The molecular weight excluding hydrogens is 502 g/mol. The Morgan fingerprint density at radius 1 is 1.23 bits per heavy atom. The molecule has 3 heterocycles. The molecule has 0 radical (unpaired) electrons. The molecule has 0 fully saturated rings. The first-order valence-corrected chi connectivity index (χ1v) is 12.4. The Hall–Kier alpha value is -2.27. The van der Waals surface area contributed by atoms with Crippen LogP contribution in [0, 0.1) is 0 Å². The molecule has 0 saturated heterocycles. The van der Waals surface area contributed by atoms with Crippen molar-refractivity contribution in [2.24, 2.45) is 0 Å². The highest BCUT2D eigenvalue weighted by molar-refractivity contribution is 9.10. The van der Waals surface area contributed by atoms with Crippen LogP contribution < -0.4 is 5.32 Å². The number of thiophene rings is 1. The van der Waals surface area contributed by atoms with Gasteiger partial charge in [-0.25, -0.2) is 4.98 Å². The molecule has 1 amide bonds. The maximum absolute atomic E-state index is 12.4. The first kappa shape index (κ1) is 21.0. The predicted octanol–water partition coefficient (Wildman–Crippen LogP) is 5.81. The highest BCUT2D eigenvalue weighted by atomic mass is 79.9. The number of nitrogens with one attached hydrogen (secondary N) is 1. The van der Waals surface area contributed by atoms with E-state index in [4.69, 9.17) is 0 Å². The molecule has 0 spiro atoms. The number of anilines is 1. The molecule has 30 heavy (non-hydrogen) atoms. The van der Waals surface area contributed by atoms with Gasteiger partial charge in [-0.15, -0.1) is 39.4 Å². The summed E-state index contributed by atoms with van der Waals surface area (Å²) in [6.45, 7) is 4.39. The Morgan fingerprint density at radius 2 is 2.07 bits per heavy atom. The fourth-order valence-electron chi connectivity index (χ4n) is 2.65. The normalized spacial score (nSPS) is 10.8. The Labute approximate surface area is 194 Å². The monoisotopic (exact) mass is 517 g/mol. The number of nitrogens with zero attached hydrogens (tertiary/aromatic N) is 4. The third kappa shape index (κ3) is 4.89. The topological polar surface area (TPSA) is 72.7 Å². The number of aromatic nitrogens is 4. The van der Waals surface area contributed by atoms with Crippen molar-refractivity contribution < 1.29 is 4.79 Å². The Morgan fingerprint density at radius 3 is 2.80 bits per heavy atom. The molecule has 3 aromatic heterocycles. The van der Waals surface area contributed by atoms with Crippen LogP contribution in [0.3, 0.4) is 0 Å². The first-order valence-electron chi connectivity index (χ1n) is 8.86. The number of carbonyl (C=O) groups excluding carboxylic acids is 1. The van der Waals surface area contributed by atoms with E-state index in [1.165, 1.54) is 23.1 Å². The van der Waals surface area contributed by atoms with Gasteiger partial charge in [0.1, 0.15) is 0 Å². The maximum Gasteiger partial charge on any atom is 0.236 e. The van der Waals surface area contributed by atoms with E-state index in [9.17, 15) is 4.79 Å². The summed E-state index contributed by atoms with van der Waals surface area (Å²) in [5.41, 5.74) is 1.84. The van der Waals surface area contributed by atoms with Gasteiger partial charge in [0.05, 0.1) is 16.3 Å². The SMILES string of the molecule is C=CCn1c(SCC(=O)Nc2nc(-c3ccc(Br)cc3)cs2)nnc1-c1cccs1. The number of amides is 1. The lowest BCUT2D eigenvalue weighted by Gasteiger charge is -2.06. The number of allylic oxidation sites excluding steroid dienone is 1. The van der Waals surface area contributed by atoms with Crippen LogP contribution in [0.25, 0.3) is 22.0 Å². The van der Waals surface area contributed by atoms with Crippen LogP contribution in [-0.2, 0) is 11.3 Å². The number of halogens is 1. The number of thiazole rings is 1. The van der Waals surface area contributed by atoms with Crippen LogP contribution in [0.5, 0.6) is 0 Å². The van der Waals surface area contributed by atoms with E-state index in [1.807, 2.05) is 51.7 Å². The van der Waals surface area contributed by atoms with E-state index in [0.29, 0.717) is 16.8 Å². The molecule has 10 heteroatoms. The van der Waals surface area contributed by atoms with E-state index in [1.54, 1.807) is 17.4 Å². The van der Waals surface area contributed by atoms with Crippen molar-refractivity contribution in [2.75, 3.05) is 11.1 Å². The van der Waals surface area contributed by atoms with Crippen molar-refractivity contribution in [1.29, 1.82) is 0 Å². The predicted molar refractivity (Wildman–Crippen MR) is 128 cm³/mol. The quantitative estimate of drug-likeness (QED) is 0.236. The standard InChI is InChI=1S/C20H16BrN5OS3/c1-2-9-26-18(16-4-3-10-28-16)24-25-20(26)30-12-17(27)23-19-22-15(11-29-19)13-5-7-14(21)8-6-13/h2-8,10-11H,1,9,12H2,(H,22,23,27). The second-order valence-electron chi connectivity index (χ2n) is 6.06. The third-order valence-electron chi connectivity index (χ3n) is 3.99. The highest BCUT2D eigenvalue weighted by Crippen LogP contribution is 2.28. The summed E-state index contributed by atoms with van der Waals surface area (Å²) in [4.78, 5) is 18.0. The van der Waals surface area contributed by atoms with Crippen LogP contribution >= 0.6 is 50.4 Å². The molecule has 0 saturated carbocycles. The molecule has 0 aliphatic heterocycles. The fraction of sp³-hybridized carbons (Fsp3) is 0.100. The Balaban J connectivity index is 1.40. The number of hydrogen-bond donors (Lipinski definition) is 1. The number of hydrogen-bond acceptors (Lipinski definition) is 7. The maximum atomic E-state index is 12.4. The van der Waals surface area contributed by atoms with E-state index in [-0.39, 0.29) is 11.7 Å². The van der Waals surface area contributed by atoms with Crippen molar-refractivity contribution in [2.45, 2.75) is 11.7 Å². The lowest BCUT2D eigenvalue weighted by Crippen LogP contribution is -2.14. The molecule has 0 bridgehead atoms. The third-order valence-corrected chi connectivity index (χ3v) is 7.11. The first-order chi connectivity index (χ1) is 14.6. The summed E-state index contributed by atoms with van der Waals surface area (Å²) in [6.07, 6.45) is 1.80. The van der Waals surface area contributed by atoms with E-state index >= 15 is 0 Å². The summed E-state index contributed by atoms with van der Waals surface area (Å²) >= 11 is 7.77. The van der Waals surface area contributed by atoms with Gasteiger partial charge in [0, 0.05) is 22.0 Å². The number of rotatable bonds is 8. The minimum Gasteiger partial charge on any atom is -0.301 e. The van der Waals surface area contributed by atoms with Crippen molar-refractivity contribution >= 4 is 61.4 Å². The molecule has 1 N–H and O–H groups in total. The second kappa shape index (κ2) is 9.69. The highest BCUT2D eigenvalue weighted by Gasteiger charge is 2.16. The van der Waals surface area contributed by atoms with Gasteiger partial charge in [-0.1, -0.05) is 52.0 Å². The van der Waals surface area contributed by atoms with Gasteiger partial charge in [0.25, 0.3) is 0 Å². The zero-order valence-corrected chi connectivity index (χ0v) is 19.7. The van der Waals surface area contributed by atoms with E-state index in [2.05, 4.69) is 43.0 Å². The molecule has 152 valence electrons. The van der Waals surface area contributed by atoms with Gasteiger partial charge in [0.2, 0.25) is 5.91 Å². The smallest absolute Gasteiger partial charge is 0.236 e. The van der Waals surface area contributed by atoms with Crippen molar-refractivity contribution in [3.63, 3.8) is 0 Å². The van der Waals surface area contributed by atoms with Gasteiger partial charge in [0.15, 0.2) is 16.1 Å². The van der Waals surface area contributed by atoms with E-state index < -0.39 is 0 Å². The van der Waals surface area contributed by atoms with Crippen LogP contribution in [0.15, 0.2) is 69.4 Å². The lowest BCUT2D eigenvalue weighted by atomic mass is 10.2. The minimum atomic E-state index is -0.137. The summed E-state index contributed by atoms with van der Waals surface area (Å²) in [5.74, 6) is 0.863. The molecular formula is C20H16BrN5OS3. The molecule has 4 aromatic rings. The molecule has 6 nitrogen and oxygen atoms in total. The average molecular weight is 518 g/mol. The molecule has 4 rings (SSSR count). The van der Waals surface area contributed by atoms with Gasteiger partial charge in [-0.2, -0.15) is 0 Å². The number of benzene rings is 1. The summed E-state index contributed by atoms with van der Waals surface area (Å²) in [6, 6.07) is 11.9. The zero-order chi connectivity index (χ0) is 20.9. The van der Waals surface area contributed by atoms with Crippen molar-refractivity contribution in [3.05, 3.63) is 64.3 Å². The summed E-state index contributed by atoms with van der Waals surface area (Å²) in [5, 5.41) is 16.6. The molecule has 1 aromatic carbocycles. The Bertz CT molecular complexity index is 1150. The summed E-state index contributed by atoms with van der Waals surface area (Å²) in [7, 11) is 0. The molecule has 0 aliphatic rings. The number of thioether (sulfide) groups is 1. The number of carbonyl (C=O) groups is 1. The Kier molecular flexibility index (Phi) is 6.78. The van der Waals surface area contributed by atoms with Crippen LogP contribution in [0.4, 0.5) is 5.13 Å². The fourth-order valence-corrected chi connectivity index (χ4v) is 5.11. The largest absolute Gasteiger partial charge is 0.301 e. The second-order valence-corrected chi connectivity index (χ2v) is 9.73. The van der Waals surface area contributed by atoms with Gasteiger partial charge < -0.3 is 5.32 Å². The molecule has 0 aliphatic carbocycles. The van der Waals surface area contributed by atoms with Gasteiger partial charge in [-0.05, 0) is 23.6 Å². The van der Waals surface area contributed by atoms with Crippen LogP contribution in [-0.4, -0.2) is 31.4 Å². The summed E-state index contributed by atoms with van der Waals surface area (Å²) < 4.78 is 2.98. The zero-order valence-electron chi connectivity index (χ0n) is 15.6. The van der Waals surface area contributed by atoms with E-state index in [0.717, 1.165) is 26.4 Å². The average Bonchev–Trinajstić information content (AvgIpc) is 3.48.